The normalized spacial score (nSPS) is 11.5. The first-order valence-electron chi connectivity index (χ1n) is 5.16. The van der Waals surface area contributed by atoms with E-state index in [4.69, 9.17) is 9.84 Å². The predicted molar refractivity (Wildman–Crippen MR) is 58.7 cm³/mol. The van der Waals surface area contributed by atoms with Crippen molar-refractivity contribution in [1.29, 1.82) is 0 Å². The van der Waals surface area contributed by atoms with Gasteiger partial charge in [-0.2, -0.15) is 0 Å². The summed E-state index contributed by atoms with van der Waals surface area (Å²) in [4.78, 5) is 11.3. The van der Waals surface area contributed by atoms with E-state index in [1.54, 1.807) is 0 Å². The van der Waals surface area contributed by atoms with Gasteiger partial charge in [0, 0.05) is 12.1 Å². The summed E-state index contributed by atoms with van der Waals surface area (Å²) in [6.45, 7) is 7.60. The van der Waals surface area contributed by atoms with Crippen molar-refractivity contribution in [2.75, 3.05) is 32.9 Å². The van der Waals surface area contributed by atoms with E-state index in [0.717, 1.165) is 0 Å². The number of rotatable bonds is 7. The van der Waals surface area contributed by atoms with E-state index >= 15 is 0 Å². The van der Waals surface area contributed by atoms with Crippen LogP contribution in [0.2, 0.25) is 0 Å². The van der Waals surface area contributed by atoms with Gasteiger partial charge in [0.05, 0.1) is 26.4 Å². The van der Waals surface area contributed by atoms with Crippen molar-refractivity contribution in [3.05, 3.63) is 0 Å². The minimum atomic E-state index is -0.188. The second-order valence-corrected chi connectivity index (χ2v) is 4.31. The lowest BCUT2D eigenvalue weighted by molar-refractivity contribution is -0.121. The van der Waals surface area contributed by atoms with Crippen LogP contribution in [0.1, 0.15) is 20.8 Å². The van der Waals surface area contributed by atoms with Crippen LogP contribution in [0.15, 0.2) is 0 Å². The molecule has 3 N–H and O–H groups in total. The molecule has 0 bridgehead atoms. The largest absolute Gasteiger partial charge is 0.394 e. The molecule has 0 heterocycles. The summed E-state index contributed by atoms with van der Waals surface area (Å²) in [5.74, 6) is -0.0235. The highest BCUT2D eigenvalue weighted by Crippen LogP contribution is 1.96. The van der Waals surface area contributed by atoms with Crippen molar-refractivity contribution < 1.29 is 14.6 Å². The first-order chi connectivity index (χ1) is 6.95. The van der Waals surface area contributed by atoms with E-state index in [2.05, 4.69) is 10.6 Å². The second kappa shape index (κ2) is 7.62. The lowest BCUT2D eigenvalue weighted by atomic mass is 10.1. The zero-order valence-electron chi connectivity index (χ0n) is 9.80. The fourth-order valence-electron chi connectivity index (χ4n) is 0.975. The van der Waals surface area contributed by atoms with Gasteiger partial charge < -0.3 is 20.5 Å². The molecule has 0 aliphatic rings. The fraction of sp³-hybridized carbons (Fsp3) is 0.900. The Morgan fingerprint density at radius 1 is 1.33 bits per heavy atom. The lowest BCUT2D eigenvalue weighted by Gasteiger charge is -2.20. The summed E-state index contributed by atoms with van der Waals surface area (Å²) < 4.78 is 5.02. The molecule has 1 amide bonds. The number of nitrogens with one attached hydrogen (secondary N) is 2. The summed E-state index contributed by atoms with van der Waals surface area (Å²) in [6.07, 6.45) is 0. The molecular weight excluding hydrogens is 196 g/mol. The van der Waals surface area contributed by atoms with Crippen LogP contribution < -0.4 is 10.6 Å². The molecule has 0 aliphatic carbocycles. The number of aliphatic hydroxyl groups excluding tert-OH is 1. The SMILES string of the molecule is CC(C)(C)NC(=O)CNCCOCCO. The summed E-state index contributed by atoms with van der Waals surface area (Å²) in [5, 5.41) is 14.2. The van der Waals surface area contributed by atoms with Crippen LogP contribution in [0.3, 0.4) is 0 Å². The van der Waals surface area contributed by atoms with Gasteiger partial charge in [0.2, 0.25) is 5.91 Å². The Bertz CT molecular complexity index is 178. The highest BCUT2D eigenvalue weighted by atomic mass is 16.5. The van der Waals surface area contributed by atoms with Crippen molar-refractivity contribution in [2.45, 2.75) is 26.3 Å². The highest BCUT2D eigenvalue weighted by Gasteiger charge is 2.12. The van der Waals surface area contributed by atoms with E-state index < -0.39 is 0 Å². The number of ether oxygens (including phenoxy) is 1. The van der Waals surface area contributed by atoms with Gasteiger partial charge in [0.1, 0.15) is 0 Å². The maximum Gasteiger partial charge on any atom is 0.234 e. The monoisotopic (exact) mass is 218 g/mol. The second-order valence-electron chi connectivity index (χ2n) is 4.31. The Kier molecular flexibility index (Phi) is 7.29. The van der Waals surface area contributed by atoms with E-state index in [-0.39, 0.29) is 18.1 Å². The third kappa shape index (κ3) is 11.3. The number of aliphatic hydroxyl groups is 1. The third-order valence-corrected chi connectivity index (χ3v) is 1.46. The van der Waals surface area contributed by atoms with Crippen molar-refractivity contribution in [1.82, 2.24) is 10.6 Å². The Balaban J connectivity index is 3.32. The van der Waals surface area contributed by atoms with Crippen molar-refractivity contribution >= 4 is 5.91 Å². The quantitative estimate of drug-likeness (QED) is 0.504. The molecule has 0 fully saturated rings. The molecule has 0 aromatic rings. The minimum absolute atomic E-state index is 0.0235. The first-order valence-corrected chi connectivity index (χ1v) is 5.16. The van der Waals surface area contributed by atoms with Gasteiger partial charge in [0.15, 0.2) is 0 Å². The van der Waals surface area contributed by atoms with Gasteiger partial charge >= 0.3 is 0 Å². The zero-order chi connectivity index (χ0) is 11.7. The van der Waals surface area contributed by atoms with Crippen LogP contribution in [-0.2, 0) is 9.53 Å². The van der Waals surface area contributed by atoms with Gasteiger partial charge in [-0.15, -0.1) is 0 Å². The van der Waals surface area contributed by atoms with E-state index in [9.17, 15) is 4.79 Å². The molecule has 5 heteroatoms. The molecule has 0 aromatic carbocycles. The lowest BCUT2D eigenvalue weighted by Crippen LogP contribution is -2.45. The highest BCUT2D eigenvalue weighted by molar-refractivity contribution is 5.78. The van der Waals surface area contributed by atoms with Crippen LogP contribution in [0.5, 0.6) is 0 Å². The van der Waals surface area contributed by atoms with Crippen molar-refractivity contribution in [3.63, 3.8) is 0 Å². The number of carbonyl (C=O) groups excluding carboxylic acids is 1. The average molecular weight is 218 g/mol. The molecule has 0 aliphatic heterocycles. The van der Waals surface area contributed by atoms with Gasteiger partial charge in [-0.25, -0.2) is 0 Å². The summed E-state index contributed by atoms with van der Waals surface area (Å²) in [6, 6.07) is 0. The van der Waals surface area contributed by atoms with E-state index in [1.165, 1.54) is 0 Å². The molecule has 0 saturated carbocycles. The van der Waals surface area contributed by atoms with Crippen LogP contribution in [-0.4, -0.2) is 49.5 Å². The molecule has 5 nitrogen and oxygen atoms in total. The molecule has 0 spiro atoms. The molecule has 0 atom stereocenters. The topological polar surface area (TPSA) is 70.6 Å². The Hall–Kier alpha value is -0.650. The maximum atomic E-state index is 11.3. The van der Waals surface area contributed by atoms with E-state index in [1.807, 2.05) is 20.8 Å². The van der Waals surface area contributed by atoms with Crippen molar-refractivity contribution in [3.8, 4) is 0 Å². The molecule has 0 radical (unpaired) electrons. The molecule has 0 rings (SSSR count). The van der Waals surface area contributed by atoms with Gasteiger partial charge in [-0.05, 0) is 20.8 Å². The van der Waals surface area contributed by atoms with Crippen LogP contribution in [0.25, 0.3) is 0 Å². The molecule has 0 unspecified atom stereocenters. The van der Waals surface area contributed by atoms with Crippen LogP contribution >= 0.6 is 0 Å². The molecule has 0 saturated heterocycles. The molecule has 90 valence electrons. The third-order valence-electron chi connectivity index (χ3n) is 1.46. The number of amides is 1. The van der Waals surface area contributed by atoms with E-state index in [0.29, 0.717) is 26.3 Å². The average Bonchev–Trinajstić information content (AvgIpc) is 2.08. The summed E-state index contributed by atoms with van der Waals surface area (Å²) in [7, 11) is 0. The van der Waals surface area contributed by atoms with Gasteiger partial charge in [0.25, 0.3) is 0 Å². The summed E-state index contributed by atoms with van der Waals surface area (Å²) in [5.41, 5.74) is -0.188. The van der Waals surface area contributed by atoms with Crippen LogP contribution in [0, 0.1) is 0 Å². The molecule has 0 aromatic heterocycles. The van der Waals surface area contributed by atoms with Gasteiger partial charge in [-0.3, -0.25) is 4.79 Å². The fourth-order valence-corrected chi connectivity index (χ4v) is 0.975. The van der Waals surface area contributed by atoms with Gasteiger partial charge in [-0.1, -0.05) is 0 Å². The number of carbonyl (C=O) groups is 1. The predicted octanol–water partition coefficient (Wildman–Crippen LogP) is -0.500. The Labute approximate surface area is 91.2 Å². The molecule has 15 heavy (non-hydrogen) atoms. The smallest absolute Gasteiger partial charge is 0.234 e. The maximum absolute atomic E-state index is 11.3. The Morgan fingerprint density at radius 2 is 2.00 bits per heavy atom. The Morgan fingerprint density at radius 3 is 2.53 bits per heavy atom. The first kappa shape index (κ1) is 14.3. The minimum Gasteiger partial charge on any atom is -0.394 e. The zero-order valence-corrected chi connectivity index (χ0v) is 9.80. The number of hydrogen-bond acceptors (Lipinski definition) is 4. The standard InChI is InChI=1S/C10H22N2O3/c1-10(2,3)12-9(14)8-11-4-6-15-7-5-13/h11,13H,4-8H2,1-3H3,(H,12,14). The summed E-state index contributed by atoms with van der Waals surface area (Å²) >= 11 is 0. The molecular formula is C10H22N2O3. The number of hydrogen-bond donors (Lipinski definition) is 3. The van der Waals surface area contributed by atoms with Crippen LogP contribution in [0.4, 0.5) is 0 Å². The van der Waals surface area contributed by atoms with Crippen molar-refractivity contribution in [2.24, 2.45) is 0 Å².